The molecule has 1 unspecified atom stereocenters. The predicted octanol–water partition coefficient (Wildman–Crippen LogP) is 1.98. The molecule has 0 spiro atoms. The van der Waals surface area contributed by atoms with Crippen molar-refractivity contribution in [1.29, 1.82) is 0 Å². The summed E-state index contributed by atoms with van der Waals surface area (Å²) in [4.78, 5) is 1.89. The zero-order valence-electron chi connectivity index (χ0n) is 11.1. The van der Waals surface area contributed by atoms with Crippen molar-refractivity contribution in [2.24, 2.45) is 16.9 Å². The van der Waals surface area contributed by atoms with Gasteiger partial charge in [0.1, 0.15) is 0 Å². The minimum Gasteiger partial charge on any atom is -0.398 e. The van der Waals surface area contributed by atoms with Gasteiger partial charge in [0.2, 0.25) is 0 Å². The van der Waals surface area contributed by atoms with Gasteiger partial charge in [-0.15, -0.1) is 0 Å². The topological polar surface area (TPSA) is 98.3 Å². The molecular formula is C14H19N3OS. The number of nitrogens with two attached hydrogens (primary N) is 3. The van der Waals surface area contributed by atoms with Gasteiger partial charge in [0, 0.05) is 26.4 Å². The normalized spacial score (nSPS) is 26.7. The summed E-state index contributed by atoms with van der Waals surface area (Å²) in [7, 11) is -0.920. The second kappa shape index (κ2) is 3.70. The number of hydrogen-bond donors (Lipinski definition) is 4. The first kappa shape index (κ1) is 12.9. The van der Waals surface area contributed by atoms with Gasteiger partial charge >= 0.3 is 0 Å². The third-order valence-electron chi connectivity index (χ3n) is 3.75. The highest BCUT2D eigenvalue weighted by Crippen LogP contribution is 2.53. The van der Waals surface area contributed by atoms with E-state index in [0.29, 0.717) is 12.1 Å². The van der Waals surface area contributed by atoms with E-state index in [2.05, 4.69) is 13.8 Å². The second-order valence-corrected chi connectivity index (χ2v) is 7.48. The van der Waals surface area contributed by atoms with Gasteiger partial charge in [-0.3, -0.25) is 0 Å². The van der Waals surface area contributed by atoms with Crippen molar-refractivity contribution in [2.45, 2.75) is 30.8 Å². The Morgan fingerprint density at radius 3 is 2.63 bits per heavy atom. The Balaban J connectivity index is 2.36. The molecule has 4 nitrogen and oxygen atoms in total. The van der Waals surface area contributed by atoms with Crippen LogP contribution < -0.4 is 17.2 Å². The Labute approximate surface area is 115 Å². The molecule has 0 bridgehead atoms. The molecule has 7 N–H and O–H groups in total. The first-order valence-electron chi connectivity index (χ1n) is 6.24. The van der Waals surface area contributed by atoms with E-state index in [4.69, 9.17) is 17.2 Å². The molecule has 0 radical (unpaired) electrons. The Morgan fingerprint density at radius 1 is 1.26 bits per heavy atom. The Kier molecular flexibility index (Phi) is 2.51. The van der Waals surface area contributed by atoms with Crippen LogP contribution in [0.4, 0.5) is 5.69 Å². The predicted molar refractivity (Wildman–Crippen MR) is 81.8 cm³/mol. The lowest BCUT2D eigenvalue weighted by Gasteiger charge is -2.39. The summed E-state index contributed by atoms with van der Waals surface area (Å²) < 4.78 is 10.6. The lowest BCUT2D eigenvalue weighted by atomic mass is 9.71. The molecule has 102 valence electrons. The first-order valence-corrected chi connectivity index (χ1v) is 7.42. The van der Waals surface area contributed by atoms with E-state index >= 15 is 0 Å². The van der Waals surface area contributed by atoms with Crippen molar-refractivity contribution in [3.8, 4) is 0 Å². The number of hydrogen-bond acceptors (Lipinski definition) is 4. The van der Waals surface area contributed by atoms with Crippen LogP contribution in [-0.2, 0) is 0 Å². The lowest BCUT2D eigenvalue weighted by molar-refractivity contribution is 0.360. The molecule has 1 atom stereocenters. The highest BCUT2D eigenvalue weighted by atomic mass is 32.2. The van der Waals surface area contributed by atoms with E-state index < -0.39 is 16.4 Å². The molecular weight excluding hydrogens is 258 g/mol. The van der Waals surface area contributed by atoms with Crippen LogP contribution in [0.5, 0.6) is 0 Å². The number of benzene rings is 1. The van der Waals surface area contributed by atoms with E-state index in [0.717, 1.165) is 20.9 Å². The highest BCUT2D eigenvalue weighted by molar-refractivity contribution is 8.12. The maximum absolute atomic E-state index is 10.6. The van der Waals surface area contributed by atoms with Crippen molar-refractivity contribution in [3.05, 3.63) is 29.8 Å². The number of anilines is 1. The minimum absolute atomic E-state index is 0.239. The third kappa shape index (κ3) is 1.77. The van der Waals surface area contributed by atoms with Gasteiger partial charge in [-0.05, 0) is 41.0 Å². The minimum atomic E-state index is -0.920. The fraction of sp³-hybridized carbons (Fsp3) is 0.357. The average molecular weight is 277 g/mol. The zero-order valence-corrected chi connectivity index (χ0v) is 11.9. The summed E-state index contributed by atoms with van der Waals surface area (Å²) >= 11 is 0. The molecule has 1 aromatic carbocycles. The molecule has 19 heavy (non-hydrogen) atoms. The average Bonchev–Trinajstić information content (AvgIpc) is 2.51. The molecule has 1 aliphatic heterocycles. The quantitative estimate of drug-likeness (QED) is 0.331. The zero-order chi connectivity index (χ0) is 14.0. The molecule has 1 aromatic rings. The second-order valence-electron chi connectivity index (χ2n) is 6.07. The number of nitrogen functional groups attached to an aromatic ring is 1. The summed E-state index contributed by atoms with van der Waals surface area (Å²) in [5.74, 6) is 0. The molecule has 1 aliphatic carbocycles. The van der Waals surface area contributed by atoms with Crippen molar-refractivity contribution >= 4 is 26.9 Å². The fourth-order valence-electron chi connectivity index (χ4n) is 3.25. The van der Waals surface area contributed by atoms with Gasteiger partial charge in [-0.1, -0.05) is 19.9 Å². The van der Waals surface area contributed by atoms with Gasteiger partial charge in [-0.25, -0.2) is 0 Å². The highest BCUT2D eigenvalue weighted by Gasteiger charge is 2.44. The summed E-state index contributed by atoms with van der Waals surface area (Å²) in [6.45, 7) is 4.14. The summed E-state index contributed by atoms with van der Waals surface area (Å²) in [6, 6.07) is 5.63. The molecule has 5 heteroatoms. The van der Waals surface area contributed by atoms with Crippen LogP contribution >= 0.6 is 10.8 Å². The fourth-order valence-corrected chi connectivity index (χ4v) is 5.07. The standard InChI is InChI=1S/C14H19N3OS/c1-13(2)7-14(16,17)6-8-11-9(15)4-3-5-10(11)19(18)12(8)13/h3-6,18H,7,15-17H2,1-2H3. The smallest absolute Gasteiger partial charge is 0.0846 e. The van der Waals surface area contributed by atoms with Crippen molar-refractivity contribution in [3.63, 3.8) is 0 Å². The van der Waals surface area contributed by atoms with Crippen molar-refractivity contribution in [2.75, 3.05) is 5.73 Å². The van der Waals surface area contributed by atoms with Gasteiger partial charge < -0.3 is 21.8 Å². The molecule has 0 fully saturated rings. The van der Waals surface area contributed by atoms with E-state index in [-0.39, 0.29) is 5.41 Å². The van der Waals surface area contributed by atoms with E-state index in [1.54, 1.807) is 0 Å². The van der Waals surface area contributed by atoms with Gasteiger partial charge in [0.25, 0.3) is 0 Å². The number of allylic oxidation sites excluding steroid dienone is 1. The summed E-state index contributed by atoms with van der Waals surface area (Å²) in [5.41, 5.74) is 19.7. The van der Waals surface area contributed by atoms with Crippen LogP contribution in [0, 0.1) is 5.41 Å². The molecule has 0 saturated carbocycles. The van der Waals surface area contributed by atoms with Crippen LogP contribution in [0.1, 0.15) is 25.8 Å². The monoisotopic (exact) mass is 277 g/mol. The third-order valence-corrected chi connectivity index (χ3v) is 5.67. The van der Waals surface area contributed by atoms with Gasteiger partial charge in [-0.2, -0.15) is 0 Å². The molecule has 0 amide bonds. The van der Waals surface area contributed by atoms with Crippen LogP contribution in [0.3, 0.4) is 0 Å². The van der Waals surface area contributed by atoms with Gasteiger partial charge in [0.15, 0.2) is 0 Å². The van der Waals surface area contributed by atoms with Crippen molar-refractivity contribution in [1.82, 2.24) is 0 Å². The van der Waals surface area contributed by atoms with E-state index in [1.807, 2.05) is 24.3 Å². The summed E-state index contributed by atoms with van der Waals surface area (Å²) in [6.07, 6.45) is 2.46. The van der Waals surface area contributed by atoms with Crippen LogP contribution in [0.15, 0.2) is 29.2 Å². The SMILES string of the molecule is CC1(C)CC(N)(N)C=C2C1=S(O)c1cccc(N)c12. The van der Waals surface area contributed by atoms with E-state index in [1.165, 1.54) is 0 Å². The van der Waals surface area contributed by atoms with Gasteiger partial charge in [0.05, 0.1) is 5.66 Å². The molecule has 2 aliphatic rings. The Hall–Kier alpha value is -1.14. The first-order chi connectivity index (χ1) is 8.73. The number of rotatable bonds is 0. The summed E-state index contributed by atoms with van der Waals surface area (Å²) in [5, 5.41) is 0. The molecule has 3 rings (SSSR count). The largest absolute Gasteiger partial charge is 0.398 e. The lowest BCUT2D eigenvalue weighted by Crippen LogP contribution is -2.54. The van der Waals surface area contributed by atoms with E-state index in [9.17, 15) is 4.55 Å². The molecule has 0 aromatic heterocycles. The maximum atomic E-state index is 10.6. The van der Waals surface area contributed by atoms with Crippen LogP contribution in [-0.4, -0.2) is 15.1 Å². The van der Waals surface area contributed by atoms with Crippen LogP contribution in [0.25, 0.3) is 5.57 Å². The Bertz CT molecular complexity index is 644. The number of fused-ring (bicyclic) bond motifs is 3. The van der Waals surface area contributed by atoms with Crippen molar-refractivity contribution < 1.29 is 4.55 Å². The van der Waals surface area contributed by atoms with Crippen LogP contribution in [0.2, 0.25) is 0 Å². The maximum Gasteiger partial charge on any atom is 0.0846 e. The Morgan fingerprint density at radius 2 is 1.95 bits per heavy atom. The molecule has 0 saturated heterocycles. The molecule has 1 heterocycles.